The van der Waals surface area contributed by atoms with Crippen molar-refractivity contribution in [3.05, 3.63) is 93.0 Å². The number of anilines is 1. The number of fused-ring (bicyclic) bond motifs is 2. The van der Waals surface area contributed by atoms with Crippen molar-refractivity contribution in [1.29, 1.82) is 0 Å². The lowest BCUT2D eigenvalue weighted by molar-refractivity contribution is -0.131. The first-order valence-electron chi connectivity index (χ1n) is 11.4. The van der Waals surface area contributed by atoms with Crippen LogP contribution < -0.4 is 15.4 Å². The van der Waals surface area contributed by atoms with Gasteiger partial charge < -0.3 is 15.4 Å². The van der Waals surface area contributed by atoms with Gasteiger partial charge in [0.2, 0.25) is 11.8 Å². The lowest BCUT2D eigenvalue weighted by atomic mass is 9.59. The van der Waals surface area contributed by atoms with Gasteiger partial charge in [0.1, 0.15) is 11.2 Å². The summed E-state index contributed by atoms with van der Waals surface area (Å²) in [5, 5.41) is 6.46. The van der Waals surface area contributed by atoms with Gasteiger partial charge in [0, 0.05) is 28.1 Å². The molecule has 2 N–H and O–H groups in total. The fourth-order valence-corrected chi connectivity index (χ4v) is 5.79. The number of ether oxygens (including phenoxy) is 1. The highest BCUT2D eigenvalue weighted by molar-refractivity contribution is 6.31. The molecule has 5 rings (SSSR count). The van der Waals surface area contributed by atoms with Gasteiger partial charge in [0.25, 0.3) is 0 Å². The van der Waals surface area contributed by atoms with Gasteiger partial charge >= 0.3 is 0 Å². The maximum Gasteiger partial charge on any atom is 0.238 e. The van der Waals surface area contributed by atoms with E-state index in [4.69, 9.17) is 27.9 Å². The third kappa shape index (κ3) is 3.82. The molecule has 2 amide bonds. The van der Waals surface area contributed by atoms with Gasteiger partial charge in [-0.05, 0) is 61.4 Å². The molecular formula is C27H22Cl2F2N2O3. The molecule has 0 radical (unpaired) electrons. The molecule has 3 atom stereocenters. The molecule has 0 aromatic heterocycles. The van der Waals surface area contributed by atoms with E-state index in [1.165, 1.54) is 6.07 Å². The smallest absolute Gasteiger partial charge is 0.238 e. The molecule has 2 aliphatic heterocycles. The Bertz CT molecular complexity index is 1400. The van der Waals surface area contributed by atoms with E-state index >= 15 is 4.39 Å². The normalized spacial score (nSPS) is 23.0. The van der Waals surface area contributed by atoms with Crippen molar-refractivity contribution in [2.75, 3.05) is 5.32 Å². The molecule has 36 heavy (non-hydrogen) atoms. The largest absolute Gasteiger partial charge is 0.491 e. The van der Waals surface area contributed by atoms with Crippen molar-refractivity contribution in [3.63, 3.8) is 0 Å². The maximum absolute atomic E-state index is 15.6. The molecule has 9 heteroatoms. The van der Waals surface area contributed by atoms with Crippen molar-refractivity contribution in [2.24, 2.45) is 0 Å². The highest BCUT2D eigenvalue weighted by atomic mass is 35.5. The number of benzene rings is 3. The molecular weight excluding hydrogens is 509 g/mol. The Kier molecular flexibility index (Phi) is 6.17. The van der Waals surface area contributed by atoms with Gasteiger partial charge in [-0.25, -0.2) is 8.78 Å². The summed E-state index contributed by atoms with van der Waals surface area (Å²) in [6, 6.07) is 12.7. The van der Waals surface area contributed by atoms with Gasteiger partial charge in [-0.15, -0.1) is 0 Å². The highest BCUT2D eigenvalue weighted by Gasteiger charge is 2.62. The summed E-state index contributed by atoms with van der Waals surface area (Å²) >= 11 is 12.5. The third-order valence-electron chi connectivity index (χ3n) is 6.75. The molecule has 0 unspecified atom stereocenters. The third-order valence-corrected chi connectivity index (χ3v) is 7.22. The van der Waals surface area contributed by atoms with Crippen LogP contribution in [0.2, 0.25) is 10.0 Å². The summed E-state index contributed by atoms with van der Waals surface area (Å²) in [5.74, 6) is -3.94. The first kappa shape index (κ1) is 24.5. The summed E-state index contributed by atoms with van der Waals surface area (Å²) < 4.78 is 36.1. The molecule has 1 fully saturated rings. The zero-order chi connectivity index (χ0) is 25.8. The van der Waals surface area contributed by atoms with Crippen LogP contribution >= 0.6 is 23.2 Å². The Balaban J connectivity index is 1.85. The molecule has 2 aliphatic rings. The van der Waals surface area contributed by atoms with Gasteiger partial charge in [0.05, 0.1) is 17.7 Å². The van der Waals surface area contributed by atoms with E-state index in [2.05, 4.69) is 10.6 Å². The molecule has 3 aromatic rings. The number of carbonyl (C=O) groups is 2. The number of amides is 2. The predicted octanol–water partition coefficient (Wildman–Crippen LogP) is 6.29. The minimum absolute atomic E-state index is 0.0375. The Morgan fingerprint density at radius 2 is 1.78 bits per heavy atom. The zero-order valence-electron chi connectivity index (χ0n) is 19.4. The SMILES string of the molecule is CC(C)Oc1ccc(F)c(F)c1[C@@H]1NC(=O)C[C@@H](c2cccc(Cl)c2)[C@]12C(=O)Nc1cc(Cl)ccc12. The summed E-state index contributed by atoms with van der Waals surface area (Å²) in [5.41, 5.74) is -0.234. The van der Waals surface area contributed by atoms with Gasteiger partial charge in [0.15, 0.2) is 11.6 Å². The highest BCUT2D eigenvalue weighted by Crippen LogP contribution is 2.59. The summed E-state index contributed by atoms with van der Waals surface area (Å²) in [4.78, 5) is 27.1. The van der Waals surface area contributed by atoms with Crippen molar-refractivity contribution in [1.82, 2.24) is 5.32 Å². The van der Waals surface area contributed by atoms with Crippen molar-refractivity contribution in [3.8, 4) is 5.75 Å². The van der Waals surface area contributed by atoms with E-state index in [0.717, 1.165) is 6.07 Å². The summed E-state index contributed by atoms with van der Waals surface area (Å²) in [6.45, 7) is 3.49. The average Bonchev–Trinajstić information content (AvgIpc) is 3.09. The first-order chi connectivity index (χ1) is 17.1. The fourth-order valence-electron chi connectivity index (χ4n) is 5.42. The molecule has 186 valence electrons. The van der Waals surface area contributed by atoms with E-state index in [1.54, 1.807) is 56.3 Å². The Labute approximate surface area is 216 Å². The molecule has 1 spiro atoms. The second-order valence-electron chi connectivity index (χ2n) is 9.27. The van der Waals surface area contributed by atoms with Crippen LogP contribution in [0.4, 0.5) is 14.5 Å². The molecule has 0 bridgehead atoms. The number of nitrogens with one attached hydrogen (secondary N) is 2. The standard InChI is InChI=1S/C27H22Cl2F2N2O3/c1-13(2)36-21-9-8-19(30)24(31)23(21)25-27(17-7-6-16(29)11-20(17)32-26(27)35)18(12-22(34)33-25)14-4-3-5-15(28)10-14/h3-11,13,18,25H,12H2,1-2H3,(H,32,35)(H,33,34)/t18-,25-,27-/m0/s1. The average molecular weight is 531 g/mol. The monoisotopic (exact) mass is 530 g/mol. The van der Waals surface area contributed by atoms with Crippen LogP contribution in [0, 0.1) is 11.6 Å². The van der Waals surface area contributed by atoms with Crippen molar-refractivity contribution in [2.45, 2.75) is 43.7 Å². The van der Waals surface area contributed by atoms with Crippen LogP contribution in [-0.2, 0) is 15.0 Å². The van der Waals surface area contributed by atoms with E-state index in [1.807, 2.05) is 0 Å². The van der Waals surface area contributed by atoms with Crippen molar-refractivity contribution < 1.29 is 23.1 Å². The van der Waals surface area contributed by atoms with Crippen LogP contribution in [0.15, 0.2) is 54.6 Å². The van der Waals surface area contributed by atoms with Crippen LogP contribution in [0.25, 0.3) is 0 Å². The van der Waals surface area contributed by atoms with Crippen LogP contribution in [-0.4, -0.2) is 17.9 Å². The van der Waals surface area contributed by atoms with E-state index in [-0.39, 0.29) is 23.8 Å². The maximum atomic E-state index is 15.6. The lowest BCUT2D eigenvalue weighted by Gasteiger charge is -2.46. The lowest BCUT2D eigenvalue weighted by Crippen LogP contribution is -2.57. The van der Waals surface area contributed by atoms with Gasteiger partial charge in [-0.3, -0.25) is 9.59 Å². The number of carbonyl (C=O) groups excluding carboxylic acids is 2. The predicted molar refractivity (Wildman–Crippen MR) is 134 cm³/mol. The minimum atomic E-state index is -1.55. The molecule has 2 heterocycles. The van der Waals surface area contributed by atoms with Gasteiger partial charge in [-0.2, -0.15) is 0 Å². The Morgan fingerprint density at radius 1 is 1.03 bits per heavy atom. The number of halogens is 4. The van der Waals surface area contributed by atoms with Crippen LogP contribution in [0.3, 0.4) is 0 Å². The minimum Gasteiger partial charge on any atom is -0.491 e. The van der Waals surface area contributed by atoms with E-state index in [9.17, 15) is 14.0 Å². The second-order valence-corrected chi connectivity index (χ2v) is 10.1. The van der Waals surface area contributed by atoms with E-state index < -0.39 is 40.8 Å². The Hall–Kier alpha value is -3.16. The topological polar surface area (TPSA) is 67.4 Å². The van der Waals surface area contributed by atoms with Crippen LogP contribution in [0.5, 0.6) is 5.75 Å². The molecule has 0 aliphatic carbocycles. The molecule has 5 nitrogen and oxygen atoms in total. The number of hydrogen-bond acceptors (Lipinski definition) is 3. The zero-order valence-corrected chi connectivity index (χ0v) is 20.9. The summed E-state index contributed by atoms with van der Waals surface area (Å²) in [7, 11) is 0. The number of hydrogen-bond donors (Lipinski definition) is 2. The van der Waals surface area contributed by atoms with Crippen LogP contribution in [0.1, 0.15) is 48.9 Å². The second kappa shape index (κ2) is 9.05. The molecule has 0 saturated carbocycles. The summed E-state index contributed by atoms with van der Waals surface area (Å²) in [6.07, 6.45) is -0.458. The molecule has 1 saturated heterocycles. The Morgan fingerprint density at radius 3 is 2.50 bits per heavy atom. The van der Waals surface area contributed by atoms with E-state index in [0.29, 0.717) is 26.9 Å². The first-order valence-corrected chi connectivity index (χ1v) is 12.2. The van der Waals surface area contributed by atoms with Gasteiger partial charge in [-0.1, -0.05) is 41.4 Å². The van der Waals surface area contributed by atoms with Crippen molar-refractivity contribution >= 4 is 40.7 Å². The number of piperidine rings is 1. The quantitative estimate of drug-likeness (QED) is 0.416. The fraction of sp³-hybridized carbons (Fsp3) is 0.259. The number of rotatable bonds is 4. The molecule has 3 aromatic carbocycles.